The van der Waals surface area contributed by atoms with Gasteiger partial charge in [-0.25, -0.2) is 0 Å². The first-order chi connectivity index (χ1) is 8.69. The molecule has 1 aromatic rings. The highest BCUT2D eigenvalue weighted by molar-refractivity contribution is 6.31. The molecule has 98 valence electrons. The highest BCUT2D eigenvalue weighted by Crippen LogP contribution is 2.42. The maximum absolute atomic E-state index is 9.69. The molecule has 0 saturated carbocycles. The van der Waals surface area contributed by atoms with Crippen LogP contribution in [0.3, 0.4) is 0 Å². The van der Waals surface area contributed by atoms with E-state index in [-0.39, 0.29) is 6.61 Å². The summed E-state index contributed by atoms with van der Waals surface area (Å²) in [4.78, 5) is 0. The SMILES string of the molecule is Cc1ccc(C2CC3CCC(N3)[C@@H]2CO)cc1Cl. The molecule has 3 unspecified atom stereocenters. The molecule has 2 saturated heterocycles. The van der Waals surface area contributed by atoms with Crippen LogP contribution in [0.5, 0.6) is 0 Å². The van der Waals surface area contributed by atoms with E-state index in [0.717, 1.165) is 17.0 Å². The maximum atomic E-state index is 9.69. The number of hydrogen-bond donors (Lipinski definition) is 2. The summed E-state index contributed by atoms with van der Waals surface area (Å²) in [5.41, 5.74) is 2.42. The molecule has 0 aromatic heterocycles. The zero-order valence-corrected chi connectivity index (χ0v) is 11.5. The number of aryl methyl sites for hydroxylation is 1. The Morgan fingerprint density at radius 3 is 2.94 bits per heavy atom. The average molecular weight is 266 g/mol. The summed E-state index contributed by atoms with van der Waals surface area (Å²) in [6.07, 6.45) is 3.57. The third-order valence-corrected chi connectivity index (χ3v) is 5.09. The van der Waals surface area contributed by atoms with Gasteiger partial charge in [0.2, 0.25) is 0 Å². The molecule has 2 nitrogen and oxygen atoms in total. The number of piperidine rings is 1. The fourth-order valence-corrected chi connectivity index (χ4v) is 3.80. The first-order valence-electron chi connectivity index (χ1n) is 6.82. The number of hydrogen-bond acceptors (Lipinski definition) is 2. The monoisotopic (exact) mass is 265 g/mol. The van der Waals surface area contributed by atoms with Crippen molar-refractivity contribution in [2.45, 2.75) is 44.2 Å². The van der Waals surface area contributed by atoms with E-state index >= 15 is 0 Å². The molecule has 0 amide bonds. The lowest BCUT2D eigenvalue weighted by Gasteiger charge is -2.37. The van der Waals surface area contributed by atoms with Crippen molar-refractivity contribution in [1.29, 1.82) is 0 Å². The molecule has 0 spiro atoms. The molecule has 2 fully saturated rings. The van der Waals surface area contributed by atoms with Crippen molar-refractivity contribution in [3.63, 3.8) is 0 Å². The van der Waals surface area contributed by atoms with E-state index in [4.69, 9.17) is 11.6 Å². The first kappa shape index (κ1) is 12.5. The van der Waals surface area contributed by atoms with E-state index in [0.29, 0.717) is 23.9 Å². The molecule has 0 radical (unpaired) electrons. The van der Waals surface area contributed by atoms with Crippen LogP contribution in [0.4, 0.5) is 0 Å². The van der Waals surface area contributed by atoms with E-state index in [1.165, 1.54) is 18.4 Å². The molecule has 3 heteroatoms. The van der Waals surface area contributed by atoms with E-state index < -0.39 is 0 Å². The fourth-order valence-electron chi connectivity index (χ4n) is 3.61. The summed E-state index contributed by atoms with van der Waals surface area (Å²) < 4.78 is 0. The molecule has 2 aliphatic rings. The molecular formula is C15H20ClNO. The van der Waals surface area contributed by atoms with Crippen molar-refractivity contribution >= 4 is 11.6 Å². The maximum Gasteiger partial charge on any atom is 0.0480 e. The average Bonchev–Trinajstić information content (AvgIpc) is 2.75. The van der Waals surface area contributed by atoms with E-state index in [1.54, 1.807) is 0 Å². The van der Waals surface area contributed by atoms with E-state index in [9.17, 15) is 5.11 Å². The number of halogens is 1. The minimum Gasteiger partial charge on any atom is -0.396 e. The van der Waals surface area contributed by atoms with Crippen molar-refractivity contribution in [3.05, 3.63) is 34.3 Å². The van der Waals surface area contributed by atoms with Gasteiger partial charge >= 0.3 is 0 Å². The van der Waals surface area contributed by atoms with Gasteiger partial charge in [-0.15, -0.1) is 0 Å². The normalized spacial score (nSPS) is 34.8. The van der Waals surface area contributed by atoms with Crippen molar-refractivity contribution in [2.75, 3.05) is 6.61 Å². The number of rotatable bonds is 2. The van der Waals surface area contributed by atoms with Crippen LogP contribution in [0, 0.1) is 12.8 Å². The van der Waals surface area contributed by atoms with Gasteiger partial charge in [-0.05, 0) is 49.3 Å². The smallest absolute Gasteiger partial charge is 0.0480 e. The third kappa shape index (κ3) is 2.07. The largest absolute Gasteiger partial charge is 0.396 e. The summed E-state index contributed by atoms with van der Waals surface area (Å²) >= 11 is 6.23. The van der Waals surface area contributed by atoms with Crippen molar-refractivity contribution < 1.29 is 5.11 Å². The van der Waals surface area contributed by atoms with Crippen LogP contribution in [-0.4, -0.2) is 23.8 Å². The molecule has 4 atom stereocenters. The van der Waals surface area contributed by atoms with Crippen LogP contribution in [-0.2, 0) is 0 Å². The molecule has 2 aliphatic heterocycles. The zero-order valence-electron chi connectivity index (χ0n) is 10.7. The second-order valence-corrected chi connectivity index (χ2v) is 6.15. The van der Waals surface area contributed by atoms with Gasteiger partial charge in [0.15, 0.2) is 0 Å². The van der Waals surface area contributed by atoms with Crippen LogP contribution in [0.25, 0.3) is 0 Å². The molecule has 2 bridgehead atoms. The minimum absolute atomic E-state index is 0.264. The number of aliphatic hydroxyl groups is 1. The van der Waals surface area contributed by atoms with Crippen molar-refractivity contribution in [1.82, 2.24) is 5.32 Å². The minimum atomic E-state index is 0.264. The molecule has 1 aromatic carbocycles. The Kier molecular flexibility index (Phi) is 3.35. The molecule has 18 heavy (non-hydrogen) atoms. The predicted molar refractivity (Wildman–Crippen MR) is 74.1 cm³/mol. The predicted octanol–water partition coefficient (Wildman–Crippen LogP) is 2.86. The molecule has 2 N–H and O–H groups in total. The second kappa shape index (κ2) is 4.84. The van der Waals surface area contributed by atoms with Crippen LogP contribution < -0.4 is 5.32 Å². The van der Waals surface area contributed by atoms with Gasteiger partial charge in [-0.1, -0.05) is 23.7 Å². The summed E-state index contributed by atoms with van der Waals surface area (Å²) in [5.74, 6) is 0.786. The highest BCUT2D eigenvalue weighted by atomic mass is 35.5. The number of fused-ring (bicyclic) bond motifs is 2. The standard InChI is InChI=1S/C15H20ClNO/c1-9-2-3-10(6-14(9)16)12-7-11-4-5-15(17-11)13(12)8-18/h2-3,6,11-13,15,17-18H,4-5,7-8H2,1H3/t11?,12?,13-,15?/m1/s1. The quantitative estimate of drug-likeness (QED) is 0.862. The third-order valence-electron chi connectivity index (χ3n) is 4.68. The van der Waals surface area contributed by atoms with Gasteiger partial charge in [0.05, 0.1) is 0 Å². The van der Waals surface area contributed by atoms with Crippen molar-refractivity contribution in [3.8, 4) is 0 Å². The van der Waals surface area contributed by atoms with E-state index in [1.807, 2.05) is 6.92 Å². The Labute approximate surface area is 113 Å². The number of aliphatic hydroxyl groups excluding tert-OH is 1. The number of nitrogens with one attached hydrogen (secondary N) is 1. The molecule has 2 heterocycles. The van der Waals surface area contributed by atoms with Gasteiger partial charge in [-0.3, -0.25) is 0 Å². The topological polar surface area (TPSA) is 32.3 Å². The lowest BCUT2D eigenvalue weighted by atomic mass is 9.77. The Bertz CT molecular complexity index is 448. The van der Waals surface area contributed by atoms with Gasteiger partial charge in [0.25, 0.3) is 0 Å². The Morgan fingerprint density at radius 2 is 2.22 bits per heavy atom. The molecule has 3 rings (SSSR count). The van der Waals surface area contributed by atoms with Crippen LogP contribution in [0.15, 0.2) is 18.2 Å². The first-order valence-corrected chi connectivity index (χ1v) is 7.20. The lowest BCUT2D eigenvalue weighted by Crippen LogP contribution is -2.45. The second-order valence-electron chi connectivity index (χ2n) is 5.74. The summed E-state index contributed by atoms with van der Waals surface area (Å²) in [6, 6.07) is 7.48. The molecule has 0 aliphatic carbocycles. The van der Waals surface area contributed by atoms with Gasteiger partial charge in [0, 0.05) is 29.6 Å². The fraction of sp³-hybridized carbons (Fsp3) is 0.600. The van der Waals surface area contributed by atoms with Crippen molar-refractivity contribution in [2.24, 2.45) is 5.92 Å². The van der Waals surface area contributed by atoms with Gasteiger partial charge in [0.1, 0.15) is 0 Å². The van der Waals surface area contributed by atoms with Gasteiger partial charge in [-0.2, -0.15) is 0 Å². The zero-order chi connectivity index (χ0) is 12.7. The number of benzene rings is 1. The molecular weight excluding hydrogens is 246 g/mol. The van der Waals surface area contributed by atoms with Crippen LogP contribution >= 0.6 is 11.6 Å². The van der Waals surface area contributed by atoms with E-state index in [2.05, 4.69) is 23.5 Å². The highest BCUT2D eigenvalue weighted by Gasteiger charge is 2.41. The lowest BCUT2D eigenvalue weighted by molar-refractivity contribution is 0.144. The van der Waals surface area contributed by atoms with Crippen LogP contribution in [0.1, 0.15) is 36.3 Å². The Morgan fingerprint density at radius 1 is 1.39 bits per heavy atom. The Hall–Kier alpha value is -0.570. The van der Waals surface area contributed by atoms with Gasteiger partial charge < -0.3 is 10.4 Å². The summed E-state index contributed by atoms with van der Waals surface area (Å²) in [7, 11) is 0. The summed E-state index contributed by atoms with van der Waals surface area (Å²) in [5, 5.41) is 14.2. The van der Waals surface area contributed by atoms with Crippen LogP contribution in [0.2, 0.25) is 5.02 Å². The Balaban J connectivity index is 1.91. The summed E-state index contributed by atoms with van der Waals surface area (Å²) in [6.45, 7) is 2.29.